The van der Waals surface area contributed by atoms with Crippen molar-refractivity contribution in [2.45, 2.75) is 0 Å². The van der Waals surface area contributed by atoms with E-state index in [9.17, 15) is 4.39 Å². The molecule has 0 atom stereocenters. The van der Waals surface area contributed by atoms with Crippen LogP contribution in [0.25, 0.3) is 56.0 Å². The molecule has 0 spiro atoms. The quantitative estimate of drug-likeness (QED) is 0.257. The summed E-state index contributed by atoms with van der Waals surface area (Å²) in [5.74, 6) is 1.28. The fourth-order valence-electron chi connectivity index (χ4n) is 5.07. The Morgan fingerprint density at radius 3 is 1.73 bits per heavy atom. The zero-order chi connectivity index (χ0) is 24.8. The van der Waals surface area contributed by atoms with Crippen LogP contribution in [0.5, 0.6) is 0 Å². The molecule has 0 saturated heterocycles. The van der Waals surface area contributed by atoms with Crippen LogP contribution in [0.2, 0.25) is 0 Å². The lowest BCUT2D eigenvalue weighted by atomic mass is 10.1. The summed E-state index contributed by atoms with van der Waals surface area (Å²) in [6.45, 7) is 0. The van der Waals surface area contributed by atoms with Crippen molar-refractivity contribution in [3.8, 4) is 34.2 Å². The Kier molecular flexibility index (Phi) is 4.93. The normalized spacial score (nSPS) is 11.4. The van der Waals surface area contributed by atoms with Gasteiger partial charge in [0.1, 0.15) is 5.82 Å². The van der Waals surface area contributed by atoms with E-state index < -0.39 is 0 Å². The molecule has 0 aliphatic heterocycles. The number of nitrogens with zero attached hydrogens (tertiary/aromatic N) is 4. The van der Waals surface area contributed by atoms with Gasteiger partial charge in [-0.05, 0) is 42.5 Å². The fourth-order valence-corrected chi connectivity index (χ4v) is 5.07. The molecule has 0 bridgehead atoms. The number of rotatable bonds is 4. The van der Waals surface area contributed by atoms with Gasteiger partial charge in [0, 0.05) is 27.6 Å². The molecule has 37 heavy (non-hydrogen) atoms. The first-order valence-electron chi connectivity index (χ1n) is 12.1. The monoisotopic (exact) mass is 480 g/mol. The van der Waals surface area contributed by atoms with Crippen LogP contribution in [0.15, 0.2) is 127 Å². The number of hydrogen-bond acceptors (Lipinski definition) is 2. The van der Waals surface area contributed by atoms with Gasteiger partial charge in [-0.3, -0.25) is 4.57 Å². The predicted molar refractivity (Wildman–Crippen MR) is 147 cm³/mol. The van der Waals surface area contributed by atoms with Crippen molar-refractivity contribution in [3.63, 3.8) is 0 Å². The van der Waals surface area contributed by atoms with E-state index in [1.54, 1.807) is 12.1 Å². The molecule has 5 heteroatoms. The van der Waals surface area contributed by atoms with Crippen molar-refractivity contribution < 1.29 is 4.39 Å². The summed E-state index contributed by atoms with van der Waals surface area (Å²) in [7, 11) is 0. The molecule has 0 aliphatic carbocycles. The lowest BCUT2D eigenvalue weighted by molar-refractivity contribution is 0.627. The van der Waals surface area contributed by atoms with E-state index in [4.69, 9.17) is 0 Å². The number of aromatic nitrogens is 4. The molecular weight excluding hydrogens is 459 g/mol. The Hall–Kier alpha value is -5.03. The third-order valence-electron chi connectivity index (χ3n) is 6.71. The minimum atomic E-state index is -0.260. The highest BCUT2D eigenvalue weighted by atomic mass is 19.1. The summed E-state index contributed by atoms with van der Waals surface area (Å²) < 4.78 is 18.4. The summed E-state index contributed by atoms with van der Waals surface area (Å²) in [4.78, 5) is 0. The zero-order valence-corrected chi connectivity index (χ0v) is 19.8. The fraction of sp³-hybridized carbons (Fsp3) is 0. The molecule has 2 heterocycles. The van der Waals surface area contributed by atoms with Gasteiger partial charge in [0.05, 0.1) is 16.7 Å². The maximum absolute atomic E-state index is 14.2. The lowest BCUT2D eigenvalue weighted by Crippen LogP contribution is -2.01. The van der Waals surface area contributed by atoms with Crippen LogP contribution < -0.4 is 0 Å². The average Bonchev–Trinajstić information content (AvgIpc) is 3.54. The molecule has 0 saturated carbocycles. The molecule has 0 aliphatic rings. The summed E-state index contributed by atoms with van der Waals surface area (Å²) in [6.07, 6.45) is 0. The molecule has 176 valence electrons. The molecular formula is C32H21FN4. The van der Waals surface area contributed by atoms with Crippen LogP contribution in [-0.2, 0) is 0 Å². The number of fused-ring (bicyclic) bond motifs is 3. The summed E-state index contributed by atoms with van der Waals surface area (Å²) in [5.41, 5.74) is 5.75. The summed E-state index contributed by atoms with van der Waals surface area (Å²) in [5, 5.41) is 11.4. The van der Waals surface area contributed by atoms with Crippen LogP contribution >= 0.6 is 0 Å². The molecule has 4 nitrogen and oxygen atoms in total. The summed E-state index contributed by atoms with van der Waals surface area (Å²) in [6, 6.07) is 41.5. The number of para-hydroxylation sites is 1. The first-order valence-corrected chi connectivity index (χ1v) is 12.1. The Bertz CT molecular complexity index is 1830. The predicted octanol–water partition coefficient (Wildman–Crippen LogP) is 7.84. The third kappa shape index (κ3) is 3.52. The number of hydrogen-bond donors (Lipinski definition) is 0. The summed E-state index contributed by atoms with van der Waals surface area (Å²) >= 11 is 0. The minimum Gasteiger partial charge on any atom is -0.309 e. The maximum atomic E-state index is 14.2. The van der Waals surface area contributed by atoms with Crippen LogP contribution in [0.1, 0.15) is 0 Å². The molecule has 0 fully saturated rings. The topological polar surface area (TPSA) is 35.6 Å². The molecule has 0 unspecified atom stereocenters. The molecule has 5 aromatic carbocycles. The first-order chi connectivity index (χ1) is 18.3. The van der Waals surface area contributed by atoms with Crippen LogP contribution in [-0.4, -0.2) is 19.3 Å². The Labute approximate surface area is 212 Å². The first kappa shape index (κ1) is 21.3. The molecule has 7 aromatic rings. The van der Waals surface area contributed by atoms with Gasteiger partial charge in [-0.2, -0.15) is 0 Å². The highest BCUT2D eigenvalue weighted by Gasteiger charge is 2.19. The van der Waals surface area contributed by atoms with Crippen molar-refractivity contribution in [1.82, 2.24) is 19.3 Å². The van der Waals surface area contributed by atoms with Crippen molar-refractivity contribution in [3.05, 3.63) is 133 Å². The molecule has 7 rings (SSSR count). The van der Waals surface area contributed by atoms with Crippen molar-refractivity contribution >= 4 is 21.8 Å². The van der Waals surface area contributed by atoms with Gasteiger partial charge < -0.3 is 4.57 Å². The maximum Gasteiger partial charge on any atom is 0.168 e. The highest BCUT2D eigenvalue weighted by molar-refractivity contribution is 6.10. The van der Waals surface area contributed by atoms with Crippen molar-refractivity contribution in [2.24, 2.45) is 0 Å². The highest BCUT2D eigenvalue weighted by Crippen LogP contribution is 2.35. The second-order valence-electron chi connectivity index (χ2n) is 8.95. The molecule has 0 radical (unpaired) electrons. The van der Waals surface area contributed by atoms with Gasteiger partial charge in [-0.1, -0.05) is 84.9 Å². The van der Waals surface area contributed by atoms with Crippen molar-refractivity contribution in [1.29, 1.82) is 0 Å². The van der Waals surface area contributed by atoms with Gasteiger partial charge in [0.15, 0.2) is 11.6 Å². The minimum absolute atomic E-state index is 0.260. The van der Waals surface area contributed by atoms with Gasteiger partial charge >= 0.3 is 0 Å². The number of benzene rings is 5. The van der Waals surface area contributed by atoms with Crippen LogP contribution in [0.3, 0.4) is 0 Å². The largest absolute Gasteiger partial charge is 0.309 e. The van der Waals surface area contributed by atoms with Gasteiger partial charge in [-0.15, -0.1) is 10.2 Å². The Morgan fingerprint density at radius 2 is 1.05 bits per heavy atom. The van der Waals surface area contributed by atoms with Gasteiger partial charge in [0.25, 0.3) is 0 Å². The lowest BCUT2D eigenvalue weighted by Gasteiger charge is -2.12. The number of halogens is 1. The van der Waals surface area contributed by atoms with E-state index >= 15 is 0 Å². The van der Waals surface area contributed by atoms with E-state index in [1.165, 1.54) is 6.07 Å². The second-order valence-corrected chi connectivity index (χ2v) is 8.95. The van der Waals surface area contributed by atoms with Gasteiger partial charge in [-0.25, -0.2) is 4.39 Å². The van der Waals surface area contributed by atoms with E-state index in [0.29, 0.717) is 0 Å². The second kappa shape index (κ2) is 8.57. The SMILES string of the molecule is Fc1cccc(-n2c3ccccc3c3cc(-n4c(-c5ccccc5)nnc4-c4ccccc4)ccc32)c1. The van der Waals surface area contributed by atoms with Crippen molar-refractivity contribution in [2.75, 3.05) is 0 Å². The standard InChI is InChI=1S/C32H21FN4/c33-24-14-9-15-25(20-24)36-29-17-8-7-16-27(29)28-21-26(18-19-30(28)36)37-31(22-10-3-1-4-11-22)34-35-32(37)23-12-5-2-6-13-23/h1-21H. The van der Waals surface area contributed by atoms with E-state index in [-0.39, 0.29) is 5.82 Å². The van der Waals surface area contributed by atoms with Gasteiger partial charge in [0.2, 0.25) is 0 Å². The van der Waals surface area contributed by atoms with E-state index in [0.717, 1.165) is 56.0 Å². The zero-order valence-electron chi connectivity index (χ0n) is 19.8. The third-order valence-corrected chi connectivity index (χ3v) is 6.71. The average molecular weight is 481 g/mol. The van der Waals surface area contributed by atoms with E-state index in [1.807, 2.05) is 78.9 Å². The smallest absolute Gasteiger partial charge is 0.168 e. The van der Waals surface area contributed by atoms with E-state index in [2.05, 4.69) is 49.7 Å². The molecule has 2 aromatic heterocycles. The van der Waals surface area contributed by atoms with Crippen LogP contribution in [0.4, 0.5) is 4.39 Å². The molecule has 0 N–H and O–H groups in total. The Balaban J connectivity index is 1.52. The Morgan fingerprint density at radius 1 is 0.459 bits per heavy atom. The molecule has 0 amide bonds. The van der Waals surface area contributed by atoms with Crippen LogP contribution in [0, 0.1) is 5.82 Å².